The van der Waals surface area contributed by atoms with Gasteiger partial charge in [0.1, 0.15) is 16.7 Å². The third-order valence-corrected chi connectivity index (χ3v) is 14.1. The van der Waals surface area contributed by atoms with Crippen LogP contribution in [-0.2, 0) is 61.9 Å². The van der Waals surface area contributed by atoms with Crippen molar-refractivity contribution < 1.29 is 77.2 Å². The first-order chi connectivity index (χ1) is 30.6. The second-order valence-corrected chi connectivity index (χ2v) is 18.9. The van der Waals surface area contributed by atoms with Crippen molar-refractivity contribution in [1.82, 2.24) is 0 Å². The third kappa shape index (κ3) is 8.53. The van der Waals surface area contributed by atoms with Gasteiger partial charge in [0, 0.05) is 50.4 Å². The van der Waals surface area contributed by atoms with E-state index in [9.17, 15) is 39.3 Å². The summed E-state index contributed by atoms with van der Waals surface area (Å²) in [5.41, 5.74) is -0.868. The maximum atomic E-state index is 13.1. The van der Waals surface area contributed by atoms with E-state index in [1.165, 1.54) is 60.8 Å². The lowest BCUT2D eigenvalue weighted by atomic mass is 9.75. The first-order valence-electron chi connectivity index (χ1n) is 22.5. The molecule has 0 bridgehead atoms. The van der Waals surface area contributed by atoms with Gasteiger partial charge < -0.3 is 53.2 Å². The number of allylic oxidation sites excluding steroid dienone is 8. The summed E-state index contributed by atoms with van der Waals surface area (Å²) in [6, 6.07) is 0. The van der Waals surface area contributed by atoms with E-state index >= 15 is 0 Å². The summed E-state index contributed by atoms with van der Waals surface area (Å²) < 4.78 is 46.3. The lowest BCUT2D eigenvalue weighted by Gasteiger charge is -2.47. The minimum Gasteiger partial charge on any atom is -0.480 e. The summed E-state index contributed by atoms with van der Waals surface area (Å²) in [6.45, 7) is 4.15. The van der Waals surface area contributed by atoms with E-state index in [0.29, 0.717) is 24.7 Å². The molecule has 16 heteroatoms. The highest BCUT2D eigenvalue weighted by Gasteiger charge is 2.59. The lowest BCUT2D eigenvalue weighted by molar-refractivity contribution is -0.331. The smallest absolute Gasteiger partial charge is 0.348 e. The fourth-order valence-electron chi connectivity index (χ4n) is 10.5. The molecular weight excluding hydrogens is 833 g/mol. The second-order valence-electron chi connectivity index (χ2n) is 18.9. The van der Waals surface area contributed by atoms with Crippen LogP contribution in [0.2, 0.25) is 0 Å². The van der Waals surface area contributed by atoms with Crippen LogP contribution in [0, 0.1) is 35.5 Å². The normalized spacial score (nSPS) is 39.0. The number of carbonyl (C=O) groups is 5. The highest BCUT2D eigenvalue weighted by molar-refractivity contribution is 6.15. The zero-order chi connectivity index (χ0) is 45.0. The molecule has 4 heterocycles. The Morgan fingerprint density at radius 1 is 0.500 bits per heavy atom. The van der Waals surface area contributed by atoms with E-state index in [4.69, 9.17) is 37.9 Å². The van der Waals surface area contributed by atoms with Crippen molar-refractivity contribution in [3.63, 3.8) is 0 Å². The number of rotatable bonds is 8. The average Bonchev–Trinajstić information content (AvgIpc) is 4.16. The van der Waals surface area contributed by atoms with Crippen molar-refractivity contribution in [2.75, 3.05) is 0 Å². The van der Waals surface area contributed by atoms with Crippen molar-refractivity contribution in [3.8, 4) is 0 Å². The Labute approximate surface area is 369 Å². The third-order valence-electron chi connectivity index (χ3n) is 14.1. The molecular formula is C48H54O16. The summed E-state index contributed by atoms with van der Waals surface area (Å²) in [4.78, 5) is 65.2. The Morgan fingerprint density at radius 2 is 0.953 bits per heavy atom. The number of aliphatic hydroxyl groups excluding tert-OH is 3. The fourth-order valence-corrected chi connectivity index (χ4v) is 10.5. The molecule has 5 aliphatic carbocycles. The number of aliphatic hydroxyl groups is 3. The molecule has 0 aromatic heterocycles. The zero-order valence-corrected chi connectivity index (χ0v) is 35.9. The molecule has 4 spiro atoms. The van der Waals surface area contributed by atoms with Crippen LogP contribution in [0.15, 0.2) is 94.9 Å². The Balaban J connectivity index is 0.762. The van der Waals surface area contributed by atoms with E-state index in [0.717, 1.165) is 51.4 Å². The van der Waals surface area contributed by atoms with Crippen LogP contribution in [0.5, 0.6) is 0 Å². The van der Waals surface area contributed by atoms with E-state index < -0.39 is 71.2 Å². The molecule has 7 atom stereocenters. The van der Waals surface area contributed by atoms with Crippen LogP contribution in [-0.4, -0.2) is 74.6 Å². The number of hydrogen-bond donors (Lipinski definition) is 3. The second kappa shape index (κ2) is 16.7. The Hall–Kier alpha value is -5.61. The molecule has 16 nitrogen and oxygen atoms in total. The van der Waals surface area contributed by atoms with Gasteiger partial charge in [0.05, 0.1) is 5.57 Å². The highest BCUT2D eigenvalue weighted by Crippen LogP contribution is 2.55. The predicted octanol–water partition coefficient (Wildman–Crippen LogP) is 6.79. The standard InChI is InChI=1S/C48H54O16/c1-27-13-19-35(29-15-16-29)47(25-27)61-41(53)33(42(54)62-47)11-7-3-5-9-31-37(49)57-45(58-38(31)50)21-23-46(24-22-45)59-39(51)32(40(52)60-46)10-6-4-8-12-34-43(55)63-48(64-44(34)56)26-28(2)14-20-36(48)30-17-18-30/h3-12,27-30,35-37,49,53,55H,13-26H2,1-2H3/b5-3+,6-4?,11-7+,12-8?,31-9+,32-10?. The molecule has 5 saturated carbocycles. The first kappa shape index (κ1) is 43.6. The SMILES string of the molecule is CC1CCC(C2CC2)C2(C1)OC(=O)C(C=CC=CC=C1C(=O)OC3(CCC4(CC3)OC(=O)/C(=C/C=C/C=C/C3=C(O)OC5(CC(C)CCC5C5CC5)OC3=O)C(O)O4)OC1=O)=C(O)O2. The van der Waals surface area contributed by atoms with Gasteiger partial charge in [0.2, 0.25) is 5.79 Å². The molecule has 0 aromatic carbocycles. The van der Waals surface area contributed by atoms with Gasteiger partial charge in [-0.25, -0.2) is 24.0 Å². The number of hydrogen-bond acceptors (Lipinski definition) is 16. The van der Waals surface area contributed by atoms with Gasteiger partial charge in [0.15, 0.2) is 6.29 Å². The molecule has 0 aromatic rings. The maximum Gasteiger partial charge on any atom is 0.348 e. The molecule has 2 saturated heterocycles. The Bertz CT molecular complexity index is 2200. The molecule has 4 aliphatic heterocycles. The molecule has 0 radical (unpaired) electrons. The molecule has 9 rings (SSSR count). The topological polar surface area (TPSA) is 220 Å². The van der Waals surface area contributed by atoms with Crippen molar-refractivity contribution in [3.05, 3.63) is 94.9 Å². The van der Waals surface area contributed by atoms with Crippen LogP contribution < -0.4 is 0 Å². The van der Waals surface area contributed by atoms with Crippen molar-refractivity contribution in [2.24, 2.45) is 35.5 Å². The van der Waals surface area contributed by atoms with Gasteiger partial charge in [-0.05, 0) is 99.3 Å². The molecule has 7 fully saturated rings. The molecule has 7 unspecified atom stereocenters. The zero-order valence-electron chi connectivity index (χ0n) is 35.9. The largest absolute Gasteiger partial charge is 0.480 e. The molecule has 9 aliphatic rings. The summed E-state index contributed by atoms with van der Waals surface area (Å²) in [6.07, 6.45) is 20.7. The minimum absolute atomic E-state index is 0.0335. The Morgan fingerprint density at radius 3 is 1.41 bits per heavy atom. The average molecular weight is 887 g/mol. The summed E-state index contributed by atoms with van der Waals surface area (Å²) >= 11 is 0. The molecule has 342 valence electrons. The molecule has 3 N–H and O–H groups in total. The van der Waals surface area contributed by atoms with Gasteiger partial charge in [-0.1, -0.05) is 50.3 Å². The fraction of sp³-hybridized carbons (Fsp3) is 0.562. The summed E-state index contributed by atoms with van der Waals surface area (Å²) in [5.74, 6) is -9.15. The number of carbonyl (C=O) groups excluding carboxylic acids is 5. The quantitative estimate of drug-likeness (QED) is 0.0751. The van der Waals surface area contributed by atoms with Gasteiger partial charge in [-0.3, -0.25) is 0 Å². The van der Waals surface area contributed by atoms with Gasteiger partial charge in [-0.15, -0.1) is 0 Å². The first-order valence-corrected chi connectivity index (χ1v) is 22.5. The van der Waals surface area contributed by atoms with Gasteiger partial charge >= 0.3 is 29.8 Å². The van der Waals surface area contributed by atoms with Crippen LogP contribution in [0.1, 0.15) is 104 Å². The van der Waals surface area contributed by atoms with Crippen LogP contribution in [0.3, 0.4) is 0 Å². The summed E-state index contributed by atoms with van der Waals surface area (Å²) in [5, 5.41) is 32.3. The highest BCUT2D eigenvalue weighted by atomic mass is 16.8. The summed E-state index contributed by atoms with van der Waals surface area (Å²) in [7, 11) is 0. The Kier molecular flexibility index (Phi) is 11.4. The van der Waals surface area contributed by atoms with Crippen molar-refractivity contribution in [2.45, 2.75) is 133 Å². The van der Waals surface area contributed by atoms with E-state index in [1.807, 2.05) is 0 Å². The van der Waals surface area contributed by atoms with E-state index in [2.05, 4.69) is 13.8 Å². The maximum absolute atomic E-state index is 13.1. The molecule has 0 amide bonds. The van der Waals surface area contributed by atoms with Crippen molar-refractivity contribution >= 4 is 29.8 Å². The predicted molar refractivity (Wildman–Crippen MR) is 220 cm³/mol. The lowest BCUT2D eigenvalue weighted by Crippen LogP contribution is -2.56. The minimum atomic E-state index is -1.67. The number of ether oxygens (including phenoxy) is 8. The number of esters is 5. The van der Waals surface area contributed by atoms with Gasteiger partial charge in [-0.2, -0.15) is 0 Å². The van der Waals surface area contributed by atoms with Crippen LogP contribution >= 0.6 is 0 Å². The monoisotopic (exact) mass is 886 g/mol. The van der Waals surface area contributed by atoms with E-state index in [1.54, 1.807) is 0 Å². The van der Waals surface area contributed by atoms with Crippen LogP contribution in [0.25, 0.3) is 0 Å². The molecule has 64 heavy (non-hydrogen) atoms. The van der Waals surface area contributed by atoms with Crippen molar-refractivity contribution in [1.29, 1.82) is 0 Å². The van der Waals surface area contributed by atoms with E-state index in [-0.39, 0.29) is 71.6 Å². The van der Waals surface area contributed by atoms with Gasteiger partial charge in [0.25, 0.3) is 29.3 Å². The van der Waals surface area contributed by atoms with Crippen LogP contribution in [0.4, 0.5) is 0 Å².